The van der Waals surface area contributed by atoms with E-state index in [1.54, 1.807) is 0 Å². The molecule has 0 spiro atoms. The smallest absolute Gasteiger partial charge is 0.247 e. The third-order valence-electron chi connectivity index (χ3n) is 3.33. The zero-order valence-electron chi connectivity index (χ0n) is 13.5. The van der Waals surface area contributed by atoms with Gasteiger partial charge in [-0.25, -0.2) is 0 Å². The van der Waals surface area contributed by atoms with Gasteiger partial charge in [0, 0.05) is 0 Å². The Hall–Kier alpha value is -0.160. The number of carbonyl (C=O) groups excluding carboxylic acids is 2. The molecule has 0 fully saturated rings. The topological polar surface area (TPSA) is 52.6 Å². The maximum Gasteiger partial charge on any atom is 0.247 e. The van der Waals surface area contributed by atoms with Crippen LogP contribution in [-0.2, 0) is 19.1 Å². The van der Waals surface area contributed by atoms with Gasteiger partial charge in [-0.1, -0.05) is 58.3 Å². The van der Waals surface area contributed by atoms with Crippen molar-refractivity contribution in [3.8, 4) is 0 Å². The molecular formula is C16H28Cl2O4. The normalized spacial score (nSPS) is 12.3. The Balaban J connectivity index is 3.72. The van der Waals surface area contributed by atoms with E-state index in [4.69, 9.17) is 32.7 Å². The van der Waals surface area contributed by atoms with E-state index in [-0.39, 0.29) is 25.9 Å². The Labute approximate surface area is 143 Å². The molecule has 0 saturated heterocycles. The summed E-state index contributed by atoms with van der Waals surface area (Å²) in [4.78, 5) is 21.4. The van der Waals surface area contributed by atoms with E-state index in [0.717, 1.165) is 19.3 Å². The second-order valence-corrected chi connectivity index (χ2v) is 6.27. The minimum atomic E-state index is -0.542. The highest BCUT2D eigenvalue weighted by atomic mass is 35.5. The molecule has 0 bridgehead atoms. The molecular weight excluding hydrogens is 327 g/mol. The first-order valence-corrected chi connectivity index (χ1v) is 8.87. The third kappa shape index (κ3) is 16.2. The highest BCUT2D eigenvalue weighted by Crippen LogP contribution is 2.12. The Morgan fingerprint density at radius 3 is 1.95 bits per heavy atom. The molecule has 0 radical (unpaired) electrons. The fraction of sp³-hybridized carbons (Fsp3) is 0.875. The lowest BCUT2D eigenvalue weighted by atomic mass is 10.1. The second-order valence-electron chi connectivity index (χ2n) is 5.42. The molecule has 0 amide bonds. The van der Waals surface area contributed by atoms with E-state index in [2.05, 4.69) is 6.92 Å². The highest BCUT2D eigenvalue weighted by Gasteiger charge is 2.12. The zero-order valence-corrected chi connectivity index (χ0v) is 15.0. The molecule has 22 heavy (non-hydrogen) atoms. The van der Waals surface area contributed by atoms with Crippen LogP contribution in [0.1, 0.15) is 64.7 Å². The number of ether oxygens (including phenoxy) is 2. The van der Waals surface area contributed by atoms with E-state index in [1.807, 2.05) is 0 Å². The predicted octanol–water partition coefficient (Wildman–Crippen LogP) is 4.45. The Kier molecular flexibility index (Phi) is 15.6. The van der Waals surface area contributed by atoms with Crippen molar-refractivity contribution < 1.29 is 19.1 Å². The SMILES string of the molecule is CCCCCCCCCCC(COCC(=O)Cl)OCC(=O)Cl. The van der Waals surface area contributed by atoms with Crippen LogP contribution >= 0.6 is 23.2 Å². The van der Waals surface area contributed by atoms with Crippen molar-refractivity contribution in [2.45, 2.75) is 70.8 Å². The summed E-state index contributed by atoms with van der Waals surface area (Å²) >= 11 is 10.5. The van der Waals surface area contributed by atoms with Gasteiger partial charge in [-0.15, -0.1) is 0 Å². The van der Waals surface area contributed by atoms with E-state index in [0.29, 0.717) is 0 Å². The molecule has 6 heteroatoms. The number of halogens is 2. The van der Waals surface area contributed by atoms with Crippen LogP contribution in [0.5, 0.6) is 0 Å². The van der Waals surface area contributed by atoms with Gasteiger partial charge in [0.25, 0.3) is 0 Å². The monoisotopic (exact) mass is 354 g/mol. The first-order valence-electron chi connectivity index (χ1n) is 8.12. The van der Waals surface area contributed by atoms with Crippen LogP contribution in [0.15, 0.2) is 0 Å². The molecule has 0 aromatic rings. The van der Waals surface area contributed by atoms with Gasteiger partial charge in [-0.2, -0.15) is 0 Å². The predicted molar refractivity (Wildman–Crippen MR) is 89.5 cm³/mol. The van der Waals surface area contributed by atoms with Gasteiger partial charge in [0.15, 0.2) is 0 Å². The molecule has 4 nitrogen and oxygen atoms in total. The Morgan fingerprint density at radius 1 is 0.864 bits per heavy atom. The van der Waals surface area contributed by atoms with Crippen LogP contribution in [-0.4, -0.2) is 36.4 Å². The summed E-state index contributed by atoms with van der Waals surface area (Å²) in [6.07, 6.45) is 10.4. The lowest BCUT2D eigenvalue weighted by Gasteiger charge is -2.16. The lowest BCUT2D eigenvalue weighted by Crippen LogP contribution is -2.23. The number of rotatable bonds is 16. The molecule has 0 N–H and O–H groups in total. The molecule has 1 unspecified atom stereocenters. The summed E-state index contributed by atoms with van der Waals surface area (Å²) in [6, 6.07) is 0. The summed E-state index contributed by atoms with van der Waals surface area (Å²) in [5.74, 6) is 0. The number of hydrogen-bond donors (Lipinski definition) is 0. The molecule has 0 aliphatic rings. The van der Waals surface area contributed by atoms with Crippen LogP contribution < -0.4 is 0 Å². The van der Waals surface area contributed by atoms with Gasteiger partial charge >= 0.3 is 0 Å². The Morgan fingerprint density at radius 2 is 1.41 bits per heavy atom. The molecule has 0 saturated carbocycles. The quantitative estimate of drug-likeness (QED) is 0.303. The van der Waals surface area contributed by atoms with Gasteiger partial charge in [0.05, 0.1) is 12.7 Å². The van der Waals surface area contributed by atoms with Gasteiger partial charge in [0.1, 0.15) is 13.2 Å². The number of unbranched alkanes of at least 4 members (excludes halogenated alkanes) is 7. The van der Waals surface area contributed by atoms with Crippen LogP contribution in [0.25, 0.3) is 0 Å². The first kappa shape index (κ1) is 21.8. The van der Waals surface area contributed by atoms with Crippen molar-refractivity contribution >= 4 is 33.7 Å². The molecule has 0 heterocycles. The van der Waals surface area contributed by atoms with E-state index in [9.17, 15) is 9.59 Å². The number of hydrogen-bond acceptors (Lipinski definition) is 4. The fourth-order valence-corrected chi connectivity index (χ4v) is 2.31. The molecule has 0 aromatic carbocycles. The standard InChI is InChI=1S/C16H28Cl2O4/c1-2-3-4-5-6-7-8-9-10-14(22-13-16(18)20)11-21-12-15(17)19/h14H,2-13H2,1H3. The fourth-order valence-electron chi connectivity index (χ4n) is 2.17. The lowest BCUT2D eigenvalue weighted by molar-refractivity contribution is -0.122. The minimum Gasteiger partial charge on any atom is -0.370 e. The summed E-state index contributed by atoms with van der Waals surface area (Å²) in [6.45, 7) is 2.18. The van der Waals surface area contributed by atoms with Crippen molar-refractivity contribution in [2.75, 3.05) is 19.8 Å². The maximum atomic E-state index is 10.8. The molecule has 0 rings (SSSR count). The van der Waals surface area contributed by atoms with Crippen molar-refractivity contribution in [3.63, 3.8) is 0 Å². The van der Waals surface area contributed by atoms with Crippen LogP contribution in [0.4, 0.5) is 0 Å². The summed E-state index contributed by atoms with van der Waals surface area (Å²) in [5, 5.41) is -1.08. The molecule has 0 aliphatic carbocycles. The largest absolute Gasteiger partial charge is 0.370 e. The van der Waals surface area contributed by atoms with E-state index < -0.39 is 10.5 Å². The summed E-state index contributed by atoms with van der Waals surface area (Å²) in [7, 11) is 0. The summed E-state index contributed by atoms with van der Waals surface area (Å²) in [5.41, 5.74) is 0. The number of carbonyl (C=O) groups is 2. The molecule has 0 aromatic heterocycles. The second kappa shape index (κ2) is 15.7. The Bertz CT molecular complexity index is 298. The molecule has 0 aliphatic heterocycles. The minimum absolute atomic E-state index is 0.137. The van der Waals surface area contributed by atoms with E-state index in [1.165, 1.54) is 38.5 Å². The van der Waals surface area contributed by atoms with Gasteiger partial charge in [0.2, 0.25) is 10.5 Å². The van der Waals surface area contributed by atoms with E-state index >= 15 is 0 Å². The van der Waals surface area contributed by atoms with Gasteiger partial charge in [-0.05, 0) is 29.6 Å². The van der Waals surface area contributed by atoms with Crippen LogP contribution in [0.3, 0.4) is 0 Å². The van der Waals surface area contributed by atoms with Gasteiger partial charge < -0.3 is 9.47 Å². The van der Waals surface area contributed by atoms with Crippen molar-refractivity contribution in [2.24, 2.45) is 0 Å². The molecule has 1 atom stereocenters. The van der Waals surface area contributed by atoms with Crippen LogP contribution in [0, 0.1) is 0 Å². The first-order chi connectivity index (χ1) is 10.6. The van der Waals surface area contributed by atoms with Crippen LogP contribution in [0.2, 0.25) is 0 Å². The average molecular weight is 355 g/mol. The van der Waals surface area contributed by atoms with Gasteiger partial charge in [-0.3, -0.25) is 9.59 Å². The summed E-state index contributed by atoms with van der Waals surface area (Å²) < 4.78 is 10.5. The van der Waals surface area contributed by atoms with Crippen molar-refractivity contribution in [1.29, 1.82) is 0 Å². The highest BCUT2D eigenvalue weighted by molar-refractivity contribution is 6.64. The zero-order chi connectivity index (χ0) is 16.6. The maximum absolute atomic E-state index is 10.8. The van der Waals surface area contributed by atoms with Crippen molar-refractivity contribution in [1.82, 2.24) is 0 Å². The van der Waals surface area contributed by atoms with Crippen molar-refractivity contribution in [3.05, 3.63) is 0 Å². The average Bonchev–Trinajstić information content (AvgIpc) is 2.46. The molecule has 130 valence electrons. The third-order valence-corrected chi connectivity index (χ3v) is 3.55.